The molecule has 1 aromatic rings. The highest BCUT2D eigenvalue weighted by Gasteiger charge is 2.21. The Balaban J connectivity index is 3.04. The van der Waals surface area contributed by atoms with Crippen LogP contribution >= 0.6 is 0 Å². The summed E-state index contributed by atoms with van der Waals surface area (Å²) in [6.07, 6.45) is 0. The Labute approximate surface area is 89.7 Å². The number of hydrogen-bond donors (Lipinski definition) is 1. The Morgan fingerprint density at radius 1 is 1.47 bits per heavy atom. The first-order valence-electron chi connectivity index (χ1n) is 4.80. The van der Waals surface area contributed by atoms with Crippen molar-refractivity contribution in [2.75, 3.05) is 13.7 Å². The fourth-order valence-electron chi connectivity index (χ4n) is 1.52. The molecule has 1 aromatic carbocycles. The van der Waals surface area contributed by atoms with Gasteiger partial charge in [-0.05, 0) is 17.7 Å². The van der Waals surface area contributed by atoms with Crippen LogP contribution in [0.1, 0.15) is 29.8 Å². The van der Waals surface area contributed by atoms with E-state index in [0.717, 1.165) is 5.56 Å². The number of rotatable bonds is 4. The Morgan fingerprint density at radius 2 is 2.13 bits per heavy atom. The molecule has 0 unspecified atom stereocenters. The third-order valence-electron chi connectivity index (χ3n) is 2.40. The van der Waals surface area contributed by atoms with Gasteiger partial charge in [0.25, 0.3) is 0 Å². The monoisotopic (exact) mass is 208 g/mol. The van der Waals surface area contributed by atoms with Gasteiger partial charge in [-0.1, -0.05) is 26.0 Å². The van der Waals surface area contributed by atoms with Crippen molar-refractivity contribution in [2.24, 2.45) is 0 Å². The number of carboxylic acids is 1. The van der Waals surface area contributed by atoms with Gasteiger partial charge in [-0.2, -0.15) is 0 Å². The van der Waals surface area contributed by atoms with E-state index >= 15 is 0 Å². The van der Waals surface area contributed by atoms with Crippen LogP contribution in [0.4, 0.5) is 0 Å². The molecule has 1 rings (SSSR count). The Bertz CT molecular complexity index is 356. The number of methoxy groups -OCH3 is 1. The molecule has 0 radical (unpaired) electrons. The fourth-order valence-corrected chi connectivity index (χ4v) is 1.52. The lowest BCUT2D eigenvalue weighted by Gasteiger charge is -2.24. The second kappa shape index (κ2) is 4.45. The van der Waals surface area contributed by atoms with E-state index in [1.165, 1.54) is 0 Å². The highest BCUT2D eigenvalue weighted by molar-refractivity contribution is 5.87. The average molecular weight is 208 g/mol. The van der Waals surface area contributed by atoms with Crippen molar-refractivity contribution in [2.45, 2.75) is 19.3 Å². The van der Waals surface area contributed by atoms with Crippen molar-refractivity contribution in [3.8, 4) is 0 Å². The molecular weight excluding hydrogens is 192 g/mol. The first kappa shape index (κ1) is 11.7. The summed E-state index contributed by atoms with van der Waals surface area (Å²) in [6.45, 7) is 4.62. The zero-order chi connectivity index (χ0) is 11.5. The van der Waals surface area contributed by atoms with Crippen molar-refractivity contribution in [3.05, 3.63) is 35.4 Å². The topological polar surface area (TPSA) is 46.5 Å². The van der Waals surface area contributed by atoms with Gasteiger partial charge in [0.15, 0.2) is 0 Å². The van der Waals surface area contributed by atoms with Crippen molar-refractivity contribution in [1.29, 1.82) is 0 Å². The molecule has 0 aliphatic rings. The van der Waals surface area contributed by atoms with Crippen LogP contribution in [-0.4, -0.2) is 24.8 Å². The molecule has 0 aliphatic carbocycles. The molecule has 0 spiro atoms. The van der Waals surface area contributed by atoms with Crippen LogP contribution in [-0.2, 0) is 10.2 Å². The maximum Gasteiger partial charge on any atom is 0.335 e. The van der Waals surface area contributed by atoms with Gasteiger partial charge < -0.3 is 9.84 Å². The highest BCUT2D eigenvalue weighted by atomic mass is 16.5. The molecule has 0 saturated heterocycles. The Morgan fingerprint density at radius 3 is 2.67 bits per heavy atom. The van der Waals surface area contributed by atoms with E-state index in [2.05, 4.69) is 0 Å². The maximum absolute atomic E-state index is 10.8. The average Bonchev–Trinajstić information content (AvgIpc) is 2.18. The lowest BCUT2D eigenvalue weighted by molar-refractivity contribution is 0.0696. The minimum Gasteiger partial charge on any atom is -0.478 e. The zero-order valence-corrected chi connectivity index (χ0v) is 9.28. The second-order valence-electron chi connectivity index (χ2n) is 4.20. The standard InChI is InChI=1S/C12H16O3/c1-12(2,8-15-3)10-6-4-5-9(7-10)11(13)14/h4-7H,8H2,1-3H3,(H,13,14). The molecule has 15 heavy (non-hydrogen) atoms. The van der Waals surface area contributed by atoms with Gasteiger partial charge >= 0.3 is 5.97 Å². The van der Waals surface area contributed by atoms with E-state index in [1.807, 2.05) is 19.9 Å². The molecule has 0 saturated carbocycles. The molecular formula is C12H16O3. The molecule has 0 fully saturated rings. The van der Waals surface area contributed by atoms with Gasteiger partial charge in [0, 0.05) is 12.5 Å². The predicted molar refractivity (Wildman–Crippen MR) is 58.3 cm³/mol. The number of carbonyl (C=O) groups is 1. The Kier molecular flexibility index (Phi) is 3.48. The SMILES string of the molecule is COCC(C)(C)c1cccc(C(=O)O)c1. The minimum absolute atomic E-state index is 0.166. The van der Waals surface area contributed by atoms with Crippen LogP contribution in [0.3, 0.4) is 0 Å². The van der Waals surface area contributed by atoms with E-state index in [1.54, 1.807) is 25.3 Å². The maximum atomic E-state index is 10.8. The van der Waals surface area contributed by atoms with Crippen molar-refractivity contribution in [3.63, 3.8) is 0 Å². The number of aromatic carboxylic acids is 1. The summed E-state index contributed by atoms with van der Waals surface area (Å²) < 4.78 is 5.11. The van der Waals surface area contributed by atoms with Crippen LogP contribution in [0.15, 0.2) is 24.3 Å². The van der Waals surface area contributed by atoms with Gasteiger partial charge in [0.2, 0.25) is 0 Å². The van der Waals surface area contributed by atoms with Crippen LogP contribution in [0, 0.1) is 0 Å². The van der Waals surface area contributed by atoms with Gasteiger partial charge in [-0.15, -0.1) is 0 Å². The molecule has 0 aliphatic heterocycles. The summed E-state index contributed by atoms with van der Waals surface area (Å²) in [5, 5.41) is 8.87. The third kappa shape index (κ3) is 2.80. The van der Waals surface area contributed by atoms with Gasteiger partial charge in [0.1, 0.15) is 0 Å². The van der Waals surface area contributed by atoms with E-state index < -0.39 is 5.97 Å². The summed E-state index contributed by atoms with van der Waals surface area (Å²) in [6, 6.07) is 6.97. The van der Waals surface area contributed by atoms with E-state index in [4.69, 9.17) is 9.84 Å². The van der Waals surface area contributed by atoms with Crippen LogP contribution in [0.25, 0.3) is 0 Å². The molecule has 0 heterocycles. The van der Waals surface area contributed by atoms with Gasteiger partial charge in [-0.3, -0.25) is 0 Å². The van der Waals surface area contributed by atoms with Crippen molar-refractivity contribution in [1.82, 2.24) is 0 Å². The van der Waals surface area contributed by atoms with E-state index in [9.17, 15) is 4.79 Å². The second-order valence-corrected chi connectivity index (χ2v) is 4.20. The van der Waals surface area contributed by atoms with Crippen LogP contribution in [0.5, 0.6) is 0 Å². The summed E-state index contributed by atoms with van der Waals surface area (Å²) in [5.74, 6) is -0.898. The van der Waals surface area contributed by atoms with Crippen molar-refractivity contribution < 1.29 is 14.6 Å². The molecule has 3 heteroatoms. The van der Waals surface area contributed by atoms with Crippen LogP contribution < -0.4 is 0 Å². The summed E-state index contributed by atoms with van der Waals surface area (Å²) in [5.41, 5.74) is 1.13. The number of carboxylic acid groups (broad SMARTS) is 1. The lowest BCUT2D eigenvalue weighted by Crippen LogP contribution is -2.23. The fraction of sp³-hybridized carbons (Fsp3) is 0.417. The number of benzene rings is 1. The number of hydrogen-bond acceptors (Lipinski definition) is 2. The van der Waals surface area contributed by atoms with Gasteiger partial charge in [-0.25, -0.2) is 4.79 Å². The zero-order valence-electron chi connectivity index (χ0n) is 9.28. The normalized spacial score (nSPS) is 11.4. The molecule has 0 atom stereocenters. The summed E-state index contributed by atoms with van der Waals surface area (Å²) in [7, 11) is 1.64. The Hall–Kier alpha value is -1.35. The molecule has 3 nitrogen and oxygen atoms in total. The highest BCUT2D eigenvalue weighted by Crippen LogP contribution is 2.24. The molecule has 82 valence electrons. The molecule has 0 amide bonds. The first-order valence-corrected chi connectivity index (χ1v) is 4.80. The largest absolute Gasteiger partial charge is 0.478 e. The van der Waals surface area contributed by atoms with Crippen LogP contribution in [0.2, 0.25) is 0 Å². The third-order valence-corrected chi connectivity index (χ3v) is 2.40. The quantitative estimate of drug-likeness (QED) is 0.825. The summed E-state index contributed by atoms with van der Waals surface area (Å²) >= 11 is 0. The molecule has 0 aromatic heterocycles. The first-order chi connectivity index (χ1) is 6.97. The van der Waals surface area contributed by atoms with Crippen molar-refractivity contribution >= 4 is 5.97 Å². The smallest absolute Gasteiger partial charge is 0.335 e. The lowest BCUT2D eigenvalue weighted by atomic mass is 9.85. The van der Waals surface area contributed by atoms with E-state index in [0.29, 0.717) is 12.2 Å². The molecule has 1 N–H and O–H groups in total. The van der Waals surface area contributed by atoms with E-state index in [-0.39, 0.29) is 5.41 Å². The number of ether oxygens (including phenoxy) is 1. The predicted octanol–water partition coefficient (Wildman–Crippen LogP) is 2.31. The summed E-state index contributed by atoms with van der Waals surface area (Å²) in [4.78, 5) is 10.8. The van der Waals surface area contributed by atoms with Gasteiger partial charge in [0.05, 0.1) is 12.2 Å². The minimum atomic E-state index is -0.898. The molecule has 0 bridgehead atoms.